The second kappa shape index (κ2) is 8.62. The molecule has 1 aromatic carbocycles. The molecule has 0 aliphatic heterocycles. The van der Waals surface area contributed by atoms with Crippen molar-refractivity contribution in [3.8, 4) is 17.4 Å². The van der Waals surface area contributed by atoms with Crippen molar-refractivity contribution in [3.05, 3.63) is 60.7 Å². The monoisotopic (exact) mass is 408 g/mol. The number of benzene rings is 1. The average molecular weight is 408 g/mol. The second-order valence-electron chi connectivity index (χ2n) is 6.20. The molecular formula is C20H17FN6O3. The highest BCUT2D eigenvalue weighted by Gasteiger charge is 2.11. The molecule has 10 heteroatoms. The number of aliphatic hydroxyl groups is 1. The Morgan fingerprint density at radius 2 is 1.90 bits per heavy atom. The first-order chi connectivity index (χ1) is 14.6. The van der Waals surface area contributed by atoms with Crippen molar-refractivity contribution < 1.29 is 19.0 Å². The van der Waals surface area contributed by atoms with Gasteiger partial charge in [0.2, 0.25) is 0 Å². The summed E-state index contributed by atoms with van der Waals surface area (Å²) in [4.78, 5) is 20.9. The van der Waals surface area contributed by atoms with Crippen molar-refractivity contribution in [1.82, 2.24) is 24.9 Å². The Morgan fingerprint density at radius 1 is 1.00 bits per heavy atom. The van der Waals surface area contributed by atoms with Crippen molar-refractivity contribution in [3.63, 3.8) is 0 Å². The Kier molecular flexibility index (Phi) is 5.57. The number of nitrogens with one attached hydrogen (secondary N) is 1. The van der Waals surface area contributed by atoms with Crippen molar-refractivity contribution >= 4 is 22.5 Å². The first kappa shape index (κ1) is 19.4. The topological polar surface area (TPSA) is 115 Å². The largest absolute Gasteiger partial charge is 0.489 e. The van der Waals surface area contributed by atoms with Gasteiger partial charge in [-0.2, -0.15) is 0 Å². The van der Waals surface area contributed by atoms with Crippen molar-refractivity contribution in [2.75, 3.05) is 18.5 Å². The van der Waals surface area contributed by atoms with Gasteiger partial charge >= 0.3 is 0 Å². The number of aliphatic hydroxyl groups excluding tert-OH is 1. The summed E-state index contributed by atoms with van der Waals surface area (Å²) in [6.45, 7) is 1.72. The molecule has 30 heavy (non-hydrogen) atoms. The number of ether oxygens (including phenoxy) is 2. The van der Waals surface area contributed by atoms with Gasteiger partial charge in [-0.15, -0.1) is 0 Å². The maximum Gasteiger partial charge on any atom is 0.256 e. The summed E-state index contributed by atoms with van der Waals surface area (Å²) in [6, 6.07) is 6.21. The number of fused-ring (bicyclic) bond motifs is 1. The number of anilines is 2. The molecular weight excluding hydrogens is 391 g/mol. The molecule has 0 atom stereocenters. The highest BCUT2D eigenvalue weighted by molar-refractivity contribution is 5.91. The lowest BCUT2D eigenvalue weighted by atomic mass is 10.2. The minimum Gasteiger partial charge on any atom is -0.489 e. The fraction of sp³-hybridized carbons (Fsp3) is 0.150. The molecule has 4 aromatic rings. The molecule has 0 amide bonds. The third kappa shape index (κ3) is 4.39. The summed E-state index contributed by atoms with van der Waals surface area (Å²) in [7, 11) is 0. The van der Waals surface area contributed by atoms with Crippen molar-refractivity contribution in [1.29, 1.82) is 0 Å². The van der Waals surface area contributed by atoms with Crippen LogP contribution in [0.3, 0.4) is 0 Å². The van der Waals surface area contributed by atoms with Crippen LogP contribution in [0, 0.1) is 12.7 Å². The van der Waals surface area contributed by atoms with Crippen LogP contribution in [-0.4, -0.2) is 43.2 Å². The summed E-state index contributed by atoms with van der Waals surface area (Å²) >= 11 is 0. The van der Waals surface area contributed by atoms with Gasteiger partial charge in [0.1, 0.15) is 36.1 Å². The van der Waals surface area contributed by atoms with Gasteiger partial charge < -0.3 is 19.9 Å². The number of nitrogens with zero attached hydrogens (tertiary/aromatic N) is 5. The van der Waals surface area contributed by atoms with Crippen LogP contribution in [0.1, 0.15) is 5.69 Å². The summed E-state index contributed by atoms with van der Waals surface area (Å²) < 4.78 is 25.0. The molecule has 0 aliphatic carbocycles. The van der Waals surface area contributed by atoms with Crippen LogP contribution in [0.4, 0.5) is 16.0 Å². The number of hydrogen-bond acceptors (Lipinski definition) is 9. The molecule has 3 aromatic heterocycles. The van der Waals surface area contributed by atoms with Gasteiger partial charge in [0.15, 0.2) is 5.82 Å². The van der Waals surface area contributed by atoms with Gasteiger partial charge in [-0.1, -0.05) is 0 Å². The molecule has 0 saturated heterocycles. The Bertz CT molecular complexity index is 1170. The van der Waals surface area contributed by atoms with Gasteiger partial charge in [-0.25, -0.2) is 24.3 Å². The Labute approximate surface area is 170 Å². The summed E-state index contributed by atoms with van der Waals surface area (Å²) in [5, 5.41) is 12.5. The first-order valence-electron chi connectivity index (χ1n) is 9.00. The summed E-state index contributed by atoms with van der Waals surface area (Å²) in [5.41, 5.74) is 1.46. The standard InChI is InChI=1S/C20H17FN6O3/c1-12-8-23-18(10-22-12)27-19-15-6-13(2-3-17(15)25-11-26-19)30-20-16(21)7-14(9-24-20)29-5-4-28/h2-3,6-11,28H,4-5H2,1H3,(H,23,25,26,27). The van der Waals surface area contributed by atoms with Gasteiger partial charge in [-0.05, 0) is 25.1 Å². The zero-order chi connectivity index (χ0) is 20.9. The molecule has 2 N–H and O–H groups in total. The van der Waals surface area contributed by atoms with Crippen LogP contribution in [0.25, 0.3) is 10.9 Å². The minimum atomic E-state index is -0.692. The fourth-order valence-corrected chi connectivity index (χ4v) is 2.61. The van der Waals surface area contributed by atoms with E-state index in [0.29, 0.717) is 28.3 Å². The number of halogens is 1. The lowest BCUT2D eigenvalue weighted by Gasteiger charge is -2.10. The van der Waals surface area contributed by atoms with E-state index in [-0.39, 0.29) is 24.8 Å². The number of hydrogen-bond donors (Lipinski definition) is 2. The van der Waals surface area contributed by atoms with E-state index in [1.165, 1.54) is 12.5 Å². The number of pyridine rings is 1. The third-order valence-corrected chi connectivity index (χ3v) is 3.99. The average Bonchev–Trinajstić information content (AvgIpc) is 2.76. The molecule has 0 unspecified atom stereocenters. The predicted molar refractivity (Wildman–Crippen MR) is 106 cm³/mol. The molecule has 0 spiro atoms. The van der Waals surface area contributed by atoms with E-state index in [2.05, 4.69) is 30.2 Å². The van der Waals surface area contributed by atoms with E-state index >= 15 is 0 Å². The molecule has 0 fully saturated rings. The quantitative estimate of drug-likeness (QED) is 0.476. The van der Waals surface area contributed by atoms with Gasteiger partial charge in [0.05, 0.1) is 36.4 Å². The molecule has 0 saturated carbocycles. The SMILES string of the molecule is Cc1cnc(Nc2ncnc3ccc(Oc4ncc(OCCO)cc4F)cc23)cn1. The van der Waals surface area contributed by atoms with Gasteiger partial charge in [0.25, 0.3) is 5.88 Å². The molecule has 0 bridgehead atoms. The van der Waals surface area contributed by atoms with E-state index in [1.807, 2.05) is 6.92 Å². The molecule has 0 radical (unpaired) electrons. The van der Waals surface area contributed by atoms with Crippen molar-refractivity contribution in [2.45, 2.75) is 6.92 Å². The number of rotatable bonds is 7. The zero-order valence-corrected chi connectivity index (χ0v) is 15.9. The van der Waals surface area contributed by atoms with Crippen LogP contribution in [0.2, 0.25) is 0 Å². The fourth-order valence-electron chi connectivity index (χ4n) is 2.61. The Hall–Kier alpha value is -3.92. The highest BCUT2D eigenvalue weighted by atomic mass is 19.1. The molecule has 152 valence electrons. The molecule has 9 nitrogen and oxygen atoms in total. The van der Waals surface area contributed by atoms with Crippen LogP contribution >= 0.6 is 0 Å². The smallest absolute Gasteiger partial charge is 0.256 e. The van der Waals surface area contributed by atoms with E-state index in [9.17, 15) is 4.39 Å². The van der Waals surface area contributed by atoms with E-state index in [4.69, 9.17) is 14.6 Å². The maximum absolute atomic E-state index is 14.3. The summed E-state index contributed by atoms with van der Waals surface area (Å²) in [5.74, 6) is 0.685. The van der Waals surface area contributed by atoms with Crippen LogP contribution in [0.15, 0.2) is 49.2 Å². The van der Waals surface area contributed by atoms with Gasteiger partial charge in [0, 0.05) is 11.5 Å². The first-order valence-corrected chi connectivity index (χ1v) is 9.00. The number of aromatic nitrogens is 5. The normalized spacial score (nSPS) is 10.8. The third-order valence-electron chi connectivity index (χ3n) is 3.99. The van der Waals surface area contributed by atoms with Crippen molar-refractivity contribution in [2.24, 2.45) is 0 Å². The van der Waals surface area contributed by atoms with Crippen LogP contribution < -0.4 is 14.8 Å². The Morgan fingerprint density at radius 3 is 2.67 bits per heavy atom. The zero-order valence-electron chi connectivity index (χ0n) is 15.9. The second-order valence-corrected chi connectivity index (χ2v) is 6.20. The lowest BCUT2D eigenvalue weighted by molar-refractivity contribution is 0.200. The van der Waals surface area contributed by atoms with E-state index < -0.39 is 5.82 Å². The number of aryl methyl sites for hydroxylation is 1. The predicted octanol–water partition coefficient (Wildman–Crippen LogP) is 3.17. The maximum atomic E-state index is 14.3. The van der Waals surface area contributed by atoms with E-state index in [1.54, 1.807) is 30.6 Å². The molecule has 4 rings (SSSR count). The molecule has 0 aliphatic rings. The Balaban J connectivity index is 1.60. The van der Waals surface area contributed by atoms with Crippen LogP contribution in [-0.2, 0) is 0 Å². The molecule has 3 heterocycles. The summed E-state index contributed by atoms with van der Waals surface area (Å²) in [6.07, 6.45) is 5.99. The van der Waals surface area contributed by atoms with Crippen LogP contribution in [0.5, 0.6) is 17.4 Å². The lowest BCUT2D eigenvalue weighted by Crippen LogP contribution is -2.03. The highest BCUT2D eigenvalue weighted by Crippen LogP contribution is 2.30. The van der Waals surface area contributed by atoms with Gasteiger partial charge in [-0.3, -0.25) is 4.98 Å². The van der Waals surface area contributed by atoms with E-state index in [0.717, 1.165) is 11.8 Å². The minimum absolute atomic E-state index is 0.0487.